The van der Waals surface area contributed by atoms with Gasteiger partial charge >= 0.3 is 0 Å². The van der Waals surface area contributed by atoms with Crippen molar-refractivity contribution in [2.45, 2.75) is 6.92 Å². The van der Waals surface area contributed by atoms with E-state index >= 15 is 0 Å². The van der Waals surface area contributed by atoms with Crippen LogP contribution < -0.4 is 5.43 Å². The molecular formula is C18H16N4O2. The van der Waals surface area contributed by atoms with E-state index in [4.69, 9.17) is 0 Å². The Balaban J connectivity index is 1.80. The molecule has 120 valence electrons. The van der Waals surface area contributed by atoms with Crippen LogP contribution in [0.3, 0.4) is 0 Å². The highest BCUT2D eigenvalue weighted by Crippen LogP contribution is 2.21. The average molecular weight is 320 g/mol. The van der Waals surface area contributed by atoms with Gasteiger partial charge in [-0.1, -0.05) is 30.3 Å². The number of nitrogens with one attached hydrogen (secondary N) is 1. The Morgan fingerprint density at radius 3 is 2.54 bits per heavy atom. The molecule has 0 spiro atoms. The molecule has 1 heterocycles. The molecule has 0 aliphatic rings. The third kappa shape index (κ3) is 3.67. The molecule has 6 nitrogen and oxygen atoms in total. The Bertz CT molecular complexity index is 879. The Kier molecular flexibility index (Phi) is 4.38. The van der Waals surface area contributed by atoms with E-state index in [1.54, 1.807) is 12.1 Å². The SMILES string of the molecule is Cc1nc(N/N=C/c2ccc(O)cc2O)cc(-c2ccccc2)n1. The van der Waals surface area contributed by atoms with Crippen molar-refractivity contribution in [2.75, 3.05) is 5.43 Å². The summed E-state index contributed by atoms with van der Waals surface area (Å²) in [5, 5.41) is 23.1. The van der Waals surface area contributed by atoms with Crippen molar-refractivity contribution >= 4 is 12.0 Å². The standard InChI is InChI=1S/C18H16N4O2/c1-12-20-16(13-5-3-2-4-6-13)10-18(21-12)22-19-11-14-7-8-15(23)9-17(14)24/h2-11,23-24H,1H3,(H,20,21,22)/b19-11+. The van der Waals surface area contributed by atoms with Gasteiger partial charge in [-0.2, -0.15) is 5.10 Å². The van der Waals surface area contributed by atoms with Crippen LogP contribution in [0.4, 0.5) is 5.82 Å². The van der Waals surface area contributed by atoms with E-state index in [0.717, 1.165) is 11.3 Å². The molecular weight excluding hydrogens is 304 g/mol. The number of hydrazone groups is 1. The van der Waals surface area contributed by atoms with Crippen LogP contribution in [0.1, 0.15) is 11.4 Å². The number of hydrogen-bond donors (Lipinski definition) is 3. The van der Waals surface area contributed by atoms with Crippen molar-refractivity contribution in [3.05, 3.63) is 66.0 Å². The van der Waals surface area contributed by atoms with Gasteiger partial charge in [-0.25, -0.2) is 9.97 Å². The first-order chi connectivity index (χ1) is 11.6. The van der Waals surface area contributed by atoms with E-state index in [0.29, 0.717) is 17.2 Å². The molecule has 0 aliphatic carbocycles. The highest BCUT2D eigenvalue weighted by molar-refractivity contribution is 5.84. The van der Waals surface area contributed by atoms with E-state index in [2.05, 4.69) is 20.5 Å². The van der Waals surface area contributed by atoms with Gasteiger partial charge in [0.15, 0.2) is 0 Å². The monoisotopic (exact) mass is 320 g/mol. The highest BCUT2D eigenvalue weighted by atomic mass is 16.3. The van der Waals surface area contributed by atoms with Crippen molar-refractivity contribution in [1.29, 1.82) is 0 Å². The van der Waals surface area contributed by atoms with E-state index < -0.39 is 0 Å². The number of phenolic OH excluding ortho intramolecular Hbond substituents is 2. The maximum absolute atomic E-state index is 9.72. The second-order valence-corrected chi connectivity index (χ2v) is 5.16. The third-order valence-electron chi connectivity index (χ3n) is 3.30. The number of phenols is 2. The molecule has 0 bridgehead atoms. The van der Waals surface area contributed by atoms with Gasteiger partial charge in [0.25, 0.3) is 0 Å². The van der Waals surface area contributed by atoms with Crippen LogP contribution in [0.25, 0.3) is 11.3 Å². The first-order valence-corrected chi connectivity index (χ1v) is 7.34. The van der Waals surface area contributed by atoms with Crippen molar-refractivity contribution < 1.29 is 10.2 Å². The highest BCUT2D eigenvalue weighted by Gasteiger charge is 2.04. The van der Waals surface area contributed by atoms with Crippen molar-refractivity contribution in [3.8, 4) is 22.8 Å². The molecule has 0 unspecified atom stereocenters. The molecule has 0 amide bonds. The van der Waals surface area contributed by atoms with Crippen LogP contribution in [-0.4, -0.2) is 26.4 Å². The Labute approximate surface area is 139 Å². The molecule has 0 radical (unpaired) electrons. The molecule has 24 heavy (non-hydrogen) atoms. The maximum atomic E-state index is 9.72. The summed E-state index contributed by atoms with van der Waals surface area (Å²) in [7, 11) is 0. The zero-order chi connectivity index (χ0) is 16.9. The Morgan fingerprint density at radius 2 is 1.79 bits per heavy atom. The molecule has 2 aromatic carbocycles. The van der Waals surface area contributed by atoms with Gasteiger partial charge in [-0.3, -0.25) is 5.43 Å². The van der Waals surface area contributed by atoms with E-state index in [9.17, 15) is 10.2 Å². The minimum Gasteiger partial charge on any atom is -0.508 e. The molecule has 1 aromatic heterocycles. The van der Waals surface area contributed by atoms with E-state index in [1.165, 1.54) is 18.3 Å². The smallest absolute Gasteiger partial charge is 0.150 e. The van der Waals surface area contributed by atoms with Crippen LogP contribution in [0.5, 0.6) is 11.5 Å². The first kappa shape index (κ1) is 15.5. The largest absolute Gasteiger partial charge is 0.508 e. The summed E-state index contributed by atoms with van der Waals surface area (Å²) in [5.41, 5.74) is 5.10. The number of anilines is 1. The summed E-state index contributed by atoms with van der Waals surface area (Å²) >= 11 is 0. The second-order valence-electron chi connectivity index (χ2n) is 5.16. The summed E-state index contributed by atoms with van der Waals surface area (Å²) in [5.74, 6) is 1.12. The molecule has 3 N–H and O–H groups in total. The fraction of sp³-hybridized carbons (Fsp3) is 0.0556. The quantitative estimate of drug-likeness (QED) is 0.507. The lowest BCUT2D eigenvalue weighted by molar-refractivity contribution is 0.450. The lowest BCUT2D eigenvalue weighted by Gasteiger charge is -2.06. The number of rotatable bonds is 4. The number of benzene rings is 2. The zero-order valence-corrected chi connectivity index (χ0v) is 13.0. The molecule has 0 saturated heterocycles. The summed E-state index contributed by atoms with van der Waals surface area (Å²) in [6.07, 6.45) is 1.45. The molecule has 0 saturated carbocycles. The number of aromatic nitrogens is 2. The zero-order valence-electron chi connectivity index (χ0n) is 13.0. The minimum atomic E-state index is -0.0515. The second kappa shape index (κ2) is 6.78. The van der Waals surface area contributed by atoms with Gasteiger partial charge in [-0.15, -0.1) is 0 Å². The van der Waals surface area contributed by atoms with E-state index in [1.807, 2.05) is 37.3 Å². The number of nitrogens with zero attached hydrogens (tertiary/aromatic N) is 3. The third-order valence-corrected chi connectivity index (χ3v) is 3.30. The van der Waals surface area contributed by atoms with Crippen LogP contribution in [0.2, 0.25) is 0 Å². The van der Waals surface area contributed by atoms with Crippen molar-refractivity contribution in [1.82, 2.24) is 9.97 Å². The predicted molar refractivity (Wildman–Crippen MR) is 93.2 cm³/mol. The van der Waals surface area contributed by atoms with Crippen LogP contribution >= 0.6 is 0 Å². The van der Waals surface area contributed by atoms with Gasteiger partial charge in [-0.05, 0) is 19.1 Å². The fourth-order valence-electron chi connectivity index (χ4n) is 2.19. The number of aromatic hydroxyl groups is 2. The normalized spacial score (nSPS) is 10.9. The van der Waals surface area contributed by atoms with Gasteiger partial charge in [0.1, 0.15) is 23.1 Å². The molecule has 3 rings (SSSR count). The van der Waals surface area contributed by atoms with Gasteiger partial charge < -0.3 is 10.2 Å². The number of aryl methyl sites for hydroxylation is 1. The summed E-state index contributed by atoms with van der Waals surface area (Å²) in [6.45, 7) is 1.81. The Morgan fingerprint density at radius 1 is 1.00 bits per heavy atom. The fourth-order valence-corrected chi connectivity index (χ4v) is 2.19. The summed E-state index contributed by atoms with van der Waals surface area (Å²) in [4.78, 5) is 8.71. The molecule has 3 aromatic rings. The average Bonchev–Trinajstić information content (AvgIpc) is 2.57. The molecule has 0 aliphatic heterocycles. The molecule has 0 atom stereocenters. The molecule has 6 heteroatoms. The van der Waals surface area contributed by atoms with Gasteiger partial charge in [0.05, 0.1) is 11.9 Å². The summed E-state index contributed by atoms with van der Waals surface area (Å²) < 4.78 is 0. The van der Waals surface area contributed by atoms with Crippen molar-refractivity contribution in [2.24, 2.45) is 5.10 Å². The van der Waals surface area contributed by atoms with Gasteiger partial charge in [0, 0.05) is 23.3 Å². The minimum absolute atomic E-state index is 0.00321. The number of hydrogen-bond acceptors (Lipinski definition) is 6. The lowest BCUT2D eigenvalue weighted by Crippen LogP contribution is -1.99. The van der Waals surface area contributed by atoms with Gasteiger partial charge in [0.2, 0.25) is 0 Å². The summed E-state index contributed by atoms with van der Waals surface area (Å²) in [6, 6.07) is 15.9. The maximum Gasteiger partial charge on any atom is 0.150 e. The predicted octanol–water partition coefficient (Wildman–Crippen LogP) is 3.31. The topological polar surface area (TPSA) is 90.6 Å². The van der Waals surface area contributed by atoms with Crippen LogP contribution in [0, 0.1) is 6.92 Å². The van der Waals surface area contributed by atoms with Crippen LogP contribution in [0.15, 0.2) is 59.7 Å². The lowest BCUT2D eigenvalue weighted by atomic mass is 10.1. The first-order valence-electron chi connectivity index (χ1n) is 7.34. The Hall–Kier alpha value is -3.41. The molecule has 0 fully saturated rings. The van der Waals surface area contributed by atoms with Crippen molar-refractivity contribution in [3.63, 3.8) is 0 Å². The van der Waals surface area contributed by atoms with E-state index in [-0.39, 0.29) is 11.5 Å². The van der Waals surface area contributed by atoms with Crippen LogP contribution in [-0.2, 0) is 0 Å².